The van der Waals surface area contributed by atoms with E-state index in [0.717, 1.165) is 4.90 Å². The molecule has 3 rings (SSSR count). The third-order valence-corrected chi connectivity index (χ3v) is 3.63. The highest BCUT2D eigenvalue weighted by molar-refractivity contribution is 6.42. The highest BCUT2D eigenvalue weighted by Gasteiger charge is 2.37. The van der Waals surface area contributed by atoms with Gasteiger partial charge in [-0.15, -0.1) is 0 Å². The summed E-state index contributed by atoms with van der Waals surface area (Å²) in [5, 5.41) is 2.40. The van der Waals surface area contributed by atoms with E-state index in [1.807, 2.05) is 6.07 Å². The van der Waals surface area contributed by atoms with Crippen LogP contribution in [0.25, 0.3) is 6.08 Å². The second-order valence-electron chi connectivity index (χ2n) is 4.82. The molecule has 114 valence electrons. The standard InChI is InChI=1S/C17H11ClN2O3/c18-13-8-4-5-9-14(13)20-16(22)12(15(21)19-17(20)23)10-11-6-2-1-3-7-11/h1-10H,(H,19,21,23)/b12-10+. The normalized spacial score (nSPS) is 16.7. The molecule has 1 aliphatic rings. The van der Waals surface area contributed by atoms with Crippen molar-refractivity contribution in [3.63, 3.8) is 0 Å². The SMILES string of the molecule is O=C1NC(=O)N(c2ccccc2Cl)C(=O)/C1=C/c1ccccc1. The lowest BCUT2D eigenvalue weighted by Gasteiger charge is -2.27. The van der Waals surface area contributed by atoms with Gasteiger partial charge in [0, 0.05) is 0 Å². The number of urea groups is 1. The lowest BCUT2D eigenvalue weighted by molar-refractivity contribution is -0.122. The average molecular weight is 327 g/mol. The van der Waals surface area contributed by atoms with Crippen molar-refractivity contribution in [2.45, 2.75) is 0 Å². The quantitative estimate of drug-likeness (QED) is 0.681. The zero-order chi connectivity index (χ0) is 16.4. The van der Waals surface area contributed by atoms with E-state index in [9.17, 15) is 14.4 Å². The second kappa shape index (κ2) is 6.06. The number of nitrogens with one attached hydrogen (secondary N) is 1. The average Bonchev–Trinajstić information content (AvgIpc) is 2.54. The van der Waals surface area contributed by atoms with Gasteiger partial charge in [-0.2, -0.15) is 0 Å². The van der Waals surface area contributed by atoms with Crippen molar-refractivity contribution in [1.82, 2.24) is 5.32 Å². The van der Waals surface area contributed by atoms with Crippen LogP contribution < -0.4 is 10.2 Å². The third-order valence-electron chi connectivity index (χ3n) is 3.31. The van der Waals surface area contributed by atoms with E-state index < -0.39 is 17.8 Å². The number of imide groups is 2. The van der Waals surface area contributed by atoms with Crippen molar-refractivity contribution in [3.05, 3.63) is 70.8 Å². The molecule has 1 N–H and O–H groups in total. The molecule has 0 unspecified atom stereocenters. The summed E-state index contributed by atoms with van der Waals surface area (Å²) in [7, 11) is 0. The first-order valence-electron chi connectivity index (χ1n) is 6.79. The fraction of sp³-hybridized carbons (Fsp3) is 0. The van der Waals surface area contributed by atoms with E-state index in [4.69, 9.17) is 11.6 Å². The molecule has 2 aromatic carbocycles. The Bertz CT molecular complexity index is 831. The first-order valence-corrected chi connectivity index (χ1v) is 7.17. The Balaban J connectivity index is 2.05. The van der Waals surface area contributed by atoms with E-state index >= 15 is 0 Å². The second-order valence-corrected chi connectivity index (χ2v) is 5.23. The van der Waals surface area contributed by atoms with Gasteiger partial charge in [-0.25, -0.2) is 9.69 Å². The van der Waals surface area contributed by atoms with Gasteiger partial charge in [-0.05, 0) is 23.8 Å². The monoisotopic (exact) mass is 326 g/mol. The number of hydrogen-bond acceptors (Lipinski definition) is 3. The molecule has 0 spiro atoms. The third kappa shape index (κ3) is 2.86. The number of para-hydroxylation sites is 1. The van der Waals surface area contributed by atoms with Crippen molar-refractivity contribution in [2.24, 2.45) is 0 Å². The van der Waals surface area contributed by atoms with Gasteiger partial charge >= 0.3 is 6.03 Å². The highest BCUT2D eigenvalue weighted by atomic mass is 35.5. The van der Waals surface area contributed by atoms with Crippen LogP contribution in [-0.2, 0) is 9.59 Å². The summed E-state index contributed by atoms with van der Waals surface area (Å²) >= 11 is 6.05. The zero-order valence-electron chi connectivity index (χ0n) is 11.8. The number of carbonyl (C=O) groups excluding carboxylic acids is 3. The molecule has 1 heterocycles. The Kier molecular flexibility index (Phi) is 3.95. The molecule has 1 aliphatic heterocycles. The summed E-state index contributed by atoms with van der Waals surface area (Å²) in [6, 6.07) is 14.5. The van der Waals surface area contributed by atoms with Gasteiger partial charge in [0.25, 0.3) is 11.8 Å². The Morgan fingerprint density at radius 3 is 2.26 bits per heavy atom. The summed E-state index contributed by atoms with van der Waals surface area (Å²) in [6.07, 6.45) is 1.44. The van der Waals surface area contributed by atoms with E-state index in [1.165, 1.54) is 12.1 Å². The first-order chi connectivity index (χ1) is 11.1. The molecule has 6 heteroatoms. The van der Waals surface area contributed by atoms with Crippen LogP contribution >= 0.6 is 11.6 Å². The number of rotatable bonds is 2. The number of carbonyl (C=O) groups is 3. The lowest BCUT2D eigenvalue weighted by atomic mass is 10.1. The molecule has 1 fully saturated rings. The number of hydrogen-bond donors (Lipinski definition) is 1. The van der Waals surface area contributed by atoms with E-state index in [0.29, 0.717) is 5.56 Å². The Hall–Kier alpha value is -2.92. The van der Waals surface area contributed by atoms with Gasteiger partial charge in [0.2, 0.25) is 0 Å². The van der Waals surface area contributed by atoms with E-state index in [-0.39, 0.29) is 16.3 Å². The van der Waals surface area contributed by atoms with Crippen molar-refractivity contribution in [2.75, 3.05) is 4.90 Å². The Morgan fingerprint density at radius 2 is 1.57 bits per heavy atom. The molecule has 5 nitrogen and oxygen atoms in total. The molecule has 1 saturated heterocycles. The van der Waals surface area contributed by atoms with Crippen LogP contribution in [0.2, 0.25) is 5.02 Å². The van der Waals surface area contributed by atoms with Crippen LogP contribution in [0.1, 0.15) is 5.56 Å². The number of amides is 4. The fourth-order valence-corrected chi connectivity index (χ4v) is 2.45. The van der Waals surface area contributed by atoms with Crippen molar-refractivity contribution >= 4 is 41.2 Å². The summed E-state index contributed by atoms with van der Waals surface area (Å²) < 4.78 is 0. The van der Waals surface area contributed by atoms with Gasteiger partial charge in [-0.1, -0.05) is 54.1 Å². The lowest BCUT2D eigenvalue weighted by Crippen LogP contribution is -2.54. The van der Waals surface area contributed by atoms with Crippen LogP contribution in [0.15, 0.2) is 60.2 Å². The molecule has 2 aromatic rings. The van der Waals surface area contributed by atoms with Crippen molar-refractivity contribution in [1.29, 1.82) is 0 Å². The molecule has 0 aromatic heterocycles. The summed E-state index contributed by atoms with van der Waals surface area (Å²) in [4.78, 5) is 37.5. The van der Waals surface area contributed by atoms with E-state index in [1.54, 1.807) is 42.5 Å². The number of anilines is 1. The Morgan fingerprint density at radius 1 is 0.913 bits per heavy atom. The summed E-state index contributed by atoms with van der Waals surface area (Å²) in [5.74, 6) is -1.44. The van der Waals surface area contributed by atoms with Crippen LogP contribution in [0.5, 0.6) is 0 Å². The van der Waals surface area contributed by atoms with Crippen LogP contribution in [-0.4, -0.2) is 17.8 Å². The maximum absolute atomic E-state index is 12.6. The largest absolute Gasteiger partial charge is 0.335 e. The molecule has 0 radical (unpaired) electrons. The predicted octanol–water partition coefficient (Wildman–Crippen LogP) is 3.01. The fourth-order valence-electron chi connectivity index (χ4n) is 2.23. The molecule has 0 saturated carbocycles. The number of nitrogens with zero attached hydrogens (tertiary/aromatic N) is 1. The van der Waals surface area contributed by atoms with Crippen LogP contribution in [0.4, 0.5) is 10.5 Å². The van der Waals surface area contributed by atoms with Crippen LogP contribution in [0, 0.1) is 0 Å². The summed E-state index contributed by atoms with van der Waals surface area (Å²) in [5.41, 5.74) is 0.776. The molecule has 0 bridgehead atoms. The van der Waals surface area contributed by atoms with Gasteiger partial charge in [0.15, 0.2) is 0 Å². The van der Waals surface area contributed by atoms with Crippen molar-refractivity contribution < 1.29 is 14.4 Å². The van der Waals surface area contributed by atoms with Gasteiger partial charge in [0.05, 0.1) is 10.7 Å². The minimum Gasteiger partial charge on any atom is -0.273 e. The minimum absolute atomic E-state index is 0.129. The Labute approximate surface area is 137 Å². The predicted molar refractivity (Wildman–Crippen MR) is 86.9 cm³/mol. The number of benzene rings is 2. The molecule has 0 aliphatic carbocycles. The van der Waals surface area contributed by atoms with E-state index in [2.05, 4.69) is 5.32 Å². The molecule has 23 heavy (non-hydrogen) atoms. The van der Waals surface area contributed by atoms with Gasteiger partial charge in [-0.3, -0.25) is 14.9 Å². The van der Waals surface area contributed by atoms with Gasteiger partial charge < -0.3 is 0 Å². The molecule has 4 amide bonds. The maximum Gasteiger partial charge on any atom is 0.335 e. The smallest absolute Gasteiger partial charge is 0.273 e. The topological polar surface area (TPSA) is 66.5 Å². The van der Waals surface area contributed by atoms with Gasteiger partial charge in [0.1, 0.15) is 5.57 Å². The summed E-state index contributed by atoms with van der Waals surface area (Å²) in [6.45, 7) is 0. The zero-order valence-corrected chi connectivity index (χ0v) is 12.6. The molecular formula is C17H11ClN2O3. The number of barbiturate groups is 1. The molecule has 0 atom stereocenters. The van der Waals surface area contributed by atoms with Crippen molar-refractivity contribution in [3.8, 4) is 0 Å². The molecular weight excluding hydrogens is 316 g/mol. The first kappa shape index (κ1) is 15.0. The number of halogens is 1. The minimum atomic E-state index is -0.821. The highest BCUT2D eigenvalue weighted by Crippen LogP contribution is 2.28. The van der Waals surface area contributed by atoms with Crippen LogP contribution in [0.3, 0.4) is 0 Å². The maximum atomic E-state index is 12.6.